The Labute approximate surface area is 123 Å². The average molecular weight is 331 g/mol. The predicted molar refractivity (Wildman–Crippen MR) is 82.3 cm³/mol. The number of hydrogen-bond donors (Lipinski definition) is 1. The lowest BCUT2D eigenvalue weighted by Crippen LogP contribution is -2.29. The third-order valence-electron chi connectivity index (χ3n) is 3.98. The molecule has 1 aliphatic rings. The average Bonchev–Trinajstić information content (AvgIpc) is 2.84. The highest BCUT2D eigenvalue weighted by molar-refractivity contribution is 9.10. The minimum atomic E-state index is 0.548. The van der Waals surface area contributed by atoms with Crippen LogP contribution in [-0.2, 0) is 6.42 Å². The Morgan fingerprint density at radius 3 is 2.72 bits per heavy atom. The second-order valence-corrected chi connectivity index (χ2v) is 6.63. The molecule has 0 amide bonds. The number of halogens is 2. The van der Waals surface area contributed by atoms with Crippen LogP contribution in [0.25, 0.3) is 0 Å². The first kappa shape index (κ1) is 14.4. The van der Waals surface area contributed by atoms with Crippen molar-refractivity contribution in [2.24, 2.45) is 5.92 Å². The standard InChI is InChI=1S/C15H21BrClN/c1-18-14(8-11-4-2-3-5-11)9-12-6-7-13(16)10-15(12)17/h6-7,10-11,14,18H,2-5,8-9H2,1H3. The van der Waals surface area contributed by atoms with Gasteiger partial charge >= 0.3 is 0 Å². The zero-order chi connectivity index (χ0) is 13.0. The lowest BCUT2D eigenvalue weighted by atomic mass is 9.94. The Balaban J connectivity index is 1.96. The number of rotatable bonds is 5. The molecule has 18 heavy (non-hydrogen) atoms. The maximum Gasteiger partial charge on any atom is 0.0449 e. The fourth-order valence-corrected chi connectivity index (χ4v) is 3.65. The summed E-state index contributed by atoms with van der Waals surface area (Å²) in [6.45, 7) is 0. The molecule has 0 radical (unpaired) electrons. The molecule has 0 aliphatic heterocycles. The minimum Gasteiger partial charge on any atom is -0.317 e. The van der Waals surface area contributed by atoms with E-state index in [1.165, 1.54) is 37.7 Å². The second-order valence-electron chi connectivity index (χ2n) is 5.31. The van der Waals surface area contributed by atoms with Crippen molar-refractivity contribution in [2.75, 3.05) is 7.05 Å². The molecule has 1 atom stereocenters. The van der Waals surface area contributed by atoms with E-state index in [9.17, 15) is 0 Å². The second kappa shape index (κ2) is 6.93. The van der Waals surface area contributed by atoms with Gasteiger partial charge in [0.15, 0.2) is 0 Å². The van der Waals surface area contributed by atoms with E-state index < -0.39 is 0 Å². The molecule has 1 aromatic carbocycles. The van der Waals surface area contributed by atoms with Crippen LogP contribution in [0.1, 0.15) is 37.7 Å². The van der Waals surface area contributed by atoms with Crippen molar-refractivity contribution in [2.45, 2.75) is 44.6 Å². The first-order valence-corrected chi connectivity index (χ1v) is 7.97. The van der Waals surface area contributed by atoms with Crippen LogP contribution >= 0.6 is 27.5 Å². The highest BCUT2D eigenvalue weighted by Gasteiger charge is 2.20. The summed E-state index contributed by atoms with van der Waals surface area (Å²) < 4.78 is 1.05. The fourth-order valence-electron chi connectivity index (χ4n) is 2.90. The molecular formula is C15H21BrClN. The summed E-state index contributed by atoms with van der Waals surface area (Å²) in [7, 11) is 2.06. The van der Waals surface area contributed by atoms with Gasteiger partial charge in [-0.25, -0.2) is 0 Å². The van der Waals surface area contributed by atoms with Gasteiger partial charge in [-0.3, -0.25) is 0 Å². The largest absolute Gasteiger partial charge is 0.317 e. The van der Waals surface area contributed by atoms with E-state index in [1.807, 2.05) is 6.07 Å². The van der Waals surface area contributed by atoms with Gasteiger partial charge in [0.25, 0.3) is 0 Å². The predicted octanol–water partition coefficient (Wildman–Crippen LogP) is 4.81. The molecule has 1 saturated carbocycles. The smallest absolute Gasteiger partial charge is 0.0449 e. The molecule has 1 aromatic rings. The monoisotopic (exact) mass is 329 g/mol. The Hall–Kier alpha value is -0.0500. The summed E-state index contributed by atoms with van der Waals surface area (Å²) in [5.41, 5.74) is 1.25. The fraction of sp³-hybridized carbons (Fsp3) is 0.600. The molecule has 3 heteroatoms. The maximum atomic E-state index is 6.29. The molecule has 1 aliphatic carbocycles. The summed E-state index contributed by atoms with van der Waals surface area (Å²) in [5.74, 6) is 0.914. The van der Waals surface area contributed by atoms with Gasteiger partial charge < -0.3 is 5.32 Å². The van der Waals surface area contributed by atoms with Crippen LogP contribution in [0.3, 0.4) is 0 Å². The van der Waals surface area contributed by atoms with E-state index in [1.54, 1.807) is 0 Å². The number of hydrogen-bond acceptors (Lipinski definition) is 1. The quantitative estimate of drug-likeness (QED) is 0.816. The third kappa shape index (κ3) is 3.97. The zero-order valence-electron chi connectivity index (χ0n) is 10.9. The summed E-state index contributed by atoms with van der Waals surface area (Å²) in [5, 5.41) is 4.32. The van der Waals surface area contributed by atoms with Crippen molar-refractivity contribution in [3.05, 3.63) is 33.3 Å². The third-order valence-corrected chi connectivity index (χ3v) is 4.83. The molecule has 1 N–H and O–H groups in total. The van der Waals surface area contributed by atoms with Gasteiger partial charge in [0.05, 0.1) is 0 Å². The van der Waals surface area contributed by atoms with Crippen LogP contribution in [-0.4, -0.2) is 13.1 Å². The number of benzene rings is 1. The van der Waals surface area contributed by atoms with Crippen LogP contribution in [0.2, 0.25) is 5.02 Å². The Morgan fingerprint density at radius 2 is 2.11 bits per heavy atom. The number of nitrogens with one attached hydrogen (secondary N) is 1. The lowest BCUT2D eigenvalue weighted by Gasteiger charge is -2.20. The molecule has 2 rings (SSSR count). The van der Waals surface area contributed by atoms with Crippen molar-refractivity contribution < 1.29 is 0 Å². The SMILES string of the molecule is CNC(Cc1ccc(Br)cc1Cl)CC1CCCC1. The van der Waals surface area contributed by atoms with Crippen molar-refractivity contribution in [3.8, 4) is 0 Å². The van der Waals surface area contributed by atoms with E-state index in [0.717, 1.165) is 21.8 Å². The van der Waals surface area contributed by atoms with Gasteiger partial charge in [-0.2, -0.15) is 0 Å². The first-order valence-electron chi connectivity index (χ1n) is 6.80. The molecule has 0 aromatic heterocycles. The summed E-state index contributed by atoms with van der Waals surface area (Å²) in [4.78, 5) is 0. The molecule has 1 fully saturated rings. The molecule has 100 valence electrons. The van der Waals surface area contributed by atoms with Crippen molar-refractivity contribution in [1.82, 2.24) is 5.32 Å². The van der Waals surface area contributed by atoms with E-state index in [2.05, 4.69) is 40.4 Å². The van der Waals surface area contributed by atoms with Crippen LogP contribution < -0.4 is 5.32 Å². The Morgan fingerprint density at radius 1 is 1.39 bits per heavy atom. The Kier molecular flexibility index (Phi) is 5.53. The molecule has 1 unspecified atom stereocenters. The van der Waals surface area contributed by atoms with Gasteiger partial charge in [0, 0.05) is 15.5 Å². The maximum absolute atomic E-state index is 6.29. The van der Waals surface area contributed by atoms with Crippen molar-refractivity contribution in [3.63, 3.8) is 0 Å². The molecule has 0 saturated heterocycles. The van der Waals surface area contributed by atoms with E-state index in [-0.39, 0.29) is 0 Å². The first-order chi connectivity index (χ1) is 8.69. The summed E-state index contributed by atoms with van der Waals surface area (Å²) in [6, 6.07) is 6.74. The van der Waals surface area contributed by atoms with E-state index in [4.69, 9.17) is 11.6 Å². The molecule has 1 nitrogen and oxygen atoms in total. The normalized spacial score (nSPS) is 18.2. The molecular weight excluding hydrogens is 310 g/mol. The summed E-state index contributed by atoms with van der Waals surface area (Å²) in [6.07, 6.45) is 7.96. The summed E-state index contributed by atoms with van der Waals surface area (Å²) >= 11 is 9.74. The highest BCUT2D eigenvalue weighted by atomic mass is 79.9. The van der Waals surface area contributed by atoms with Gasteiger partial charge in [-0.05, 0) is 43.5 Å². The highest BCUT2D eigenvalue weighted by Crippen LogP contribution is 2.30. The molecule has 0 bridgehead atoms. The van der Waals surface area contributed by atoms with Gasteiger partial charge in [0.1, 0.15) is 0 Å². The number of likely N-dealkylation sites (N-methyl/N-ethyl adjacent to an activating group) is 1. The zero-order valence-corrected chi connectivity index (χ0v) is 13.2. The molecule has 0 heterocycles. The Bertz CT molecular complexity index is 388. The van der Waals surface area contributed by atoms with Gasteiger partial charge in [-0.15, -0.1) is 0 Å². The van der Waals surface area contributed by atoms with Crippen molar-refractivity contribution >= 4 is 27.5 Å². The van der Waals surface area contributed by atoms with Crippen molar-refractivity contribution in [1.29, 1.82) is 0 Å². The topological polar surface area (TPSA) is 12.0 Å². The van der Waals surface area contributed by atoms with Crippen LogP contribution in [0, 0.1) is 5.92 Å². The van der Waals surface area contributed by atoms with Crippen LogP contribution in [0.15, 0.2) is 22.7 Å². The van der Waals surface area contributed by atoms with Gasteiger partial charge in [0.2, 0.25) is 0 Å². The van der Waals surface area contributed by atoms with Gasteiger partial charge in [-0.1, -0.05) is 59.3 Å². The van der Waals surface area contributed by atoms with Crippen LogP contribution in [0.4, 0.5) is 0 Å². The van der Waals surface area contributed by atoms with Crippen LogP contribution in [0.5, 0.6) is 0 Å². The van der Waals surface area contributed by atoms with E-state index >= 15 is 0 Å². The molecule has 0 spiro atoms. The lowest BCUT2D eigenvalue weighted by molar-refractivity contribution is 0.403. The minimum absolute atomic E-state index is 0.548. The van der Waals surface area contributed by atoms with E-state index in [0.29, 0.717) is 6.04 Å².